The van der Waals surface area contributed by atoms with E-state index < -0.39 is 0 Å². The Morgan fingerprint density at radius 3 is 2.21 bits per heavy atom. The van der Waals surface area contributed by atoms with Crippen molar-refractivity contribution in [2.45, 2.75) is 18.5 Å². The number of imidazole rings is 1. The number of ether oxygens (including phenoxy) is 1. The van der Waals surface area contributed by atoms with Crippen LogP contribution in [0.1, 0.15) is 6.92 Å². The molecule has 0 saturated heterocycles. The van der Waals surface area contributed by atoms with E-state index in [0.717, 1.165) is 16.8 Å². The maximum Gasteiger partial charge on any atom is 0.326 e. The number of nitrogens with zero attached hydrogens (tertiary/aromatic N) is 2. The molecule has 0 atom stereocenters. The van der Waals surface area contributed by atoms with Gasteiger partial charge < -0.3 is 9.30 Å². The minimum Gasteiger partial charge on any atom is -0.465 e. The molecule has 0 saturated carbocycles. The molecular weight excluding hydrogens is 320 g/mol. The second-order valence-electron chi connectivity index (χ2n) is 5.23. The van der Waals surface area contributed by atoms with Gasteiger partial charge in [-0.25, -0.2) is 4.98 Å². The number of thiol groups is 1. The fourth-order valence-corrected chi connectivity index (χ4v) is 2.96. The third-order valence-corrected chi connectivity index (χ3v) is 3.93. The van der Waals surface area contributed by atoms with E-state index in [9.17, 15) is 4.79 Å². The number of hydrogen-bond donors (Lipinski definition) is 1. The molecule has 0 spiro atoms. The summed E-state index contributed by atoms with van der Waals surface area (Å²) in [6.07, 6.45) is 0. The summed E-state index contributed by atoms with van der Waals surface area (Å²) >= 11 is 4.54. The minimum absolute atomic E-state index is 0.0931. The van der Waals surface area contributed by atoms with Crippen LogP contribution in [0.2, 0.25) is 0 Å². The van der Waals surface area contributed by atoms with E-state index in [1.54, 1.807) is 6.92 Å². The molecule has 0 aliphatic rings. The van der Waals surface area contributed by atoms with Crippen LogP contribution in [0.25, 0.3) is 22.6 Å². The number of carbonyl (C=O) groups is 1. The van der Waals surface area contributed by atoms with Gasteiger partial charge in [0.2, 0.25) is 0 Å². The highest BCUT2D eigenvalue weighted by Crippen LogP contribution is 2.32. The first-order chi connectivity index (χ1) is 11.7. The summed E-state index contributed by atoms with van der Waals surface area (Å²) in [6.45, 7) is 2.24. The van der Waals surface area contributed by atoms with E-state index in [1.165, 1.54) is 0 Å². The van der Waals surface area contributed by atoms with Gasteiger partial charge >= 0.3 is 5.97 Å². The molecule has 3 aromatic rings. The molecule has 1 heterocycles. The number of benzene rings is 2. The molecule has 0 amide bonds. The van der Waals surface area contributed by atoms with Crippen molar-refractivity contribution in [2.75, 3.05) is 6.61 Å². The lowest BCUT2D eigenvalue weighted by atomic mass is 10.1. The fraction of sp³-hybridized carbons (Fsp3) is 0.158. The zero-order chi connectivity index (χ0) is 16.9. The van der Waals surface area contributed by atoms with Gasteiger partial charge in [0.1, 0.15) is 17.4 Å². The molecule has 2 aromatic carbocycles. The van der Waals surface area contributed by atoms with Gasteiger partial charge in [-0.05, 0) is 6.92 Å². The predicted octanol–water partition coefficient (Wildman–Crippen LogP) is 4.07. The van der Waals surface area contributed by atoms with Gasteiger partial charge in [-0.1, -0.05) is 60.7 Å². The molecule has 122 valence electrons. The molecule has 0 fully saturated rings. The Kier molecular flexibility index (Phi) is 5.01. The zero-order valence-electron chi connectivity index (χ0n) is 13.3. The fourth-order valence-electron chi connectivity index (χ4n) is 2.62. The topological polar surface area (TPSA) is 44.1 Å². The molecule has 24 heavy (non-hydrogen) atoms. The van der Waals surface area contributed by atoms with Gasteiger partial charge in [0.15, 0.2) is 0 Å². The number of hydrogen-bond acceptors (Lipinski definition) is 4. The van der Waals surface area contributed by atoms with Gasteiger partial charge in [-0.15, -0.1) is 12.6 Å². The van der Waals surface area contributed by atoms with Crippen molar-refractivity contribution >= 4 is 18.6 Å². The lowest BCUT2D eigenvalue weighted by molar-refractivity contribution is -0.143. The molecule has 0 bridgehead atoms. The first-order valence-electron chi connectivity index (χ1n) is 7.76. The summed E-state index contributed by atoms with van der Waals surface area (Å²) < 4.78 is 6.99. The number of carbonyl (C=O) groups excluding carboxylic acids is 1. The van der Waals surface area contributed by atoms with Crippen molar-refractivity contribution in [3.63, 3.8) is 0 Å². The van der Waals surface area contributed by atoms with Crippen molar-refractivity contribution in [3.8, 4) is 22.6 Å². The van der Waals surface area contributed by atoms with E-state index >= 15 is 0 Å². The molecule has 0 unspecified atom stereocenters. The van der Waals surface area contributed by atoms with Crippen LogP contribution in [0, 0.1) is 0 Å². The van der Waals surface area contributed by atoms with Crippen LogP contribution >= 0.6 is 12.6 Å². The first kappa shape index (κ1) is 16.3. The molecule has 3 rings (SSSR count). The summed E-state index contributed by atoms with van der Waals surface area (Å²) in [4.78, 5) is 16.7. The first-order valence-corrected chi connectivity index (χ1v) is 8.21. The summed E-state index contributed by atoms with van der Waals surface area (Å²) in [7, 11) is 0. The molecular formula is C19H18N2O2S. The monoisotopic (exact) mass is 338 g/mol. The molecule has 0 N–H and O–H groups in total. The molecule has 4 nitrogen and oxygen atoms in total. The standard InChI is InChI=1S/C19H18N2O2S/c1-2-23-16(22)13-21-17(14-9-5-3-6-10-14)19(24)20-18(21)15-11-7-4-8-12-15/h3-12,24H,2,13H2,1H3. The van der Waals surface area contributed by atoms with Gasteiger partial charge in [-0.2, -0.15) is 0 Å². The molecule has 1 aromatic heterocycles. The highest BCUT2D eigenvalue weighted by molar-refractivity contribution is 7.80. The minimum atomic E-state index is -0.294. The highest BCUT2D eigenvalue weighted by Gasteiger charge is 2.20. The molecule has 0 radical (unpaired) electrons. The average molecular weight is 338 g/mol. The van der Waals surface area contributed by atoms with E-state index in [0.29, 0.717) is 17.5 Å². The maximum absolute atomic E-state index is 12.1. The number of esters is 1. The van der Waals surface area contributed by atoms with Crippen molar-refractivity contribution in [1.29, 1.82) is 0 Å². The van der Waals surface area contributed by atoms with E-state index in [2.05, 4.69) is 17.6 Å². The largest absolute Gasteiger partial charge is 0.465 e. The van der Waals surface area contributed by atoms with Gasteiger partial charge in [0, 0.05) is 11.1 Å². The van der Waals surface area contributed by atoms with Gasteiger partial charge in [0.05, 0.1) is 12.3 Å². The van der Waals surface area contributed by atoms with Crippen LogP contribution in [0.15, 0.2) is 65.7 Å². The third-order valence-electron chi connectivity index (χ3n) is 3.62. The molecule has 0 aliphatic carbocycles. The molecule has 5 heteroatoms. The van der Waals surface area contributed by atoms with Crippen LogP contribution in [0.5, 0.6) is 0 Å². The summed E-state index contributed by atoms with van der Waals surface area (Å²) in [5.74, 6) is 0.408. The highest BCUT2D eigenvalue weighted by atomic mass is 32.1. The molecule has 0 aliphatic heterocycles. The smallest absolute Gasteiger partial charge is 0.326 e. The summed E-state index contributed by atoms with van der Waals surface area (Å²) in [6, 6.07) is 19.6. The van der Waals surface area contributed by atoms with Crippen LogP contribution in [0.3, 0.4) is 0 Å². The average Bonchev–Trinajstić information content (AvgIpc) is 2.93. The maximum atomic E-state index is 12.1. The Balaban J connectivity index is 2.15. The Hall–Kier alpha value is -2.53. The van der Waals surface area contributed by atoms with Crippen LogP contribution < -0.4 is 0 Å². The Bertz CT molecular complexity index is 829. The van der Waals surface area contributed by atoms with Gasteiger partial charge in [0.25, 0.3) is 0 Å². The second kappa shape index (κ2) is 7.36. The third kappa shape index (κ3) is 3.36. The van der Waals surface area contributed by atoms with E-state index in [1.807, 2.05) is 65.2 Å². The lowest BCUT2D eigenvalue weighted by Gasteiger charge is -2.12. The Morgan fingerprint density at radius 1 is 1.04 bits per heavy atom. The Labute approximate surface area is 146 Å². The summed E-state index contributed by atoms with van der Waals surface area (Å²) in [5.41, 5.74) is 2.70. The predicted molar refractivity (Wildman–Crippen MR) is 97.0 cm³/mol. The van der Waals surface area contributed by atoms with E-state index in [-0.39, 0.29) is 12.5 Å². The van der Waals surface area contributed by atoms with Crippen LogP contribution in [0.4, 0.5) is 0 Å². The van der Waals surface area contributed by atoms with Crippen LogP contribution in [-0.2, 0) is 16.1 Å². The van der Waals surface area contributed by atoms with Crippen molar-refractivity contribution < 1.29 is 9.53 Å². The van der Waals surface area contributed by atoms with E-state index in [4.69, 9.17) is 4.74 Å². The lowest BCUT2D eigenvalue weighted by Crippen LogP contribution is -2.15. The number of aromatic nitrogens is 2. The second-order valence-corrected chi connectivity index (χ2v) is 5.65. The van der Waals surface area contributed by atoms with Gasteiger partial charge in [-0.3, -0.25) is 4.79 Å². The SMILES string of the molecule is CCOC(=O)Cn1c(-c2ccccc2)nc(S)c1-c1ccccc1. The quantitative estimate of drug-likeness (QED) is 0.563. The Morgan fingerprint density at radius 2 is 1.62 bits per heavy atom. The van der Waals surface area contributed by atoms with Crippen molar-refractivity contribution in [2.24, 2.45) is 0 Å². The van der Waals surface area contributed by atoms with Crippen LogP contribution in [-0.4, -0.2) is 22.1 Å². The number of rotatable bonds is 5. The van der Waals surface area contributed by atoms with Crippen molar-refractivity contribution in [1.82, 2.24) is 9.55 Å². The summed E-state index contributed by atoms with van der Waals surface area (Å²) in [5, 5.41) is 0.587. The normalized spacial score (nSPS) is 10.6. The van der Waals surface area contributed by atoms with Crippen molar-refractivity contribution in [3.05, 3.63) is 60.7 Å². The zero-order valence-corrected chi connectivity index (χ0v) is 14.2.